The van der Waals surface area contributed by atoms with Gasteiger partial charge in [0.15, 0.2) is 0 Å². The summed E-state index contributed by atoms with van der Waals surface area (Å²) in [5.74, 6) is -0.212. The molecule has 0 radical (unpaired) electrons. The Labute approximate surface area is 138 Å². The van der Waals surface area contributed by atoms with Crippen molar-refractivity contribution in [1.82, 2.24) is 4.31 Å². The van der Waals surface area contributed by atoms with Crippen molar-refractivity contribution >= 4 is 39.2 Å². The monoisotopic (exact) mass is 367 g/mol. The Morgan fingerprint density at radius 2 is 2.09 bits per heavy atom. The molecule has 0 amide bonds. The predicted molar refractivity (Wildman–Crippen MR) is 82.1 cm³/mol. The van der Waals surface area contributed by atoms with E-state index in [2.05, 4.69) is 0 Å². The zero-order valence-corrected chi connectivity index (χ0v) is 14.5. The summed E-state index contributed by atoms with van der Waals surface area (Å²) in [4.78, 5) is 10.9. The molecule has 0 saturated heterocycles. The van der Waals surface area contributed by atoms with Crippen molar-refractivity contribution in [1.29, 1.82) is 0 Å². The van der Waals surface area contributed by atoms with Crippen LogP contribution in [0.2, 0.25) is 10.0 Å². The van der Waals surface area contributed by atoms with Gasteiger partial charge in [-0.25, -0.2) is 12.7 Å². The van der Waals surface area contributed by atoms with Gasteiger partial charge in [-0.3, -0.25) is 4.79 Å². The van der Waals surface area contributed by atoms with E-state index >= 15 is 0 Å². The molecule has 0 aromatic heterocycles. The molecule has 1 aromatic carbocycles. The first-order valence-corrected chi connectivity index (χ1v) is 8.57. The Kier molecular flexibility index (Phi) is 4.91. The Bertz CT molecular complexity index is 718. The summed E-state index contributed by atoms with van der Waals surface area (Å²) in [5.41, 5.74) is 0.445. The highest BCUT2D eigenvalue weighted by atomic mass is 35.5. The first-order valence-electron chi connectivity index (χ1n) is 6.38. The number of halogens is 2. The number of hydrogen-bond acceptors (Lipinski definition) is 5. The van der Waals surface area contributed by atoms with Crippen LogP contribution in [0, 0.1) is 0 Å². The SMILES string of the molecule is CC(=O)OCC1Cc2c(S(=O)(=O)N(C)C)cc(Cl)c(Cl)c2O1. The molecule has 1 aliphatic heterocycles. The van der Waals surface area contributed by atoms with Gasteiger partial charge in [0.05, 0.1) is 9.92 Å². The maximum absolute atomic E-state index is 12.4. The van der Waals surface area contributed by atoms with Crippen molar-refractivity contribution in [3.63, 3.8) is 0 Å². The molecule has 0 bridgehead atoms. The van der Waals surface area contributed by atoms with E-state index < -0.39 is 22.1 Å². The van der Waals surface area contributed by atoms with Crippen LogP contribution in [0.15, 0.2) is 11.0 Å². The van der Waals surface area contributed by atoms with Crippen LogP contribution in [0.5, 0.6) is 5.75 Å². The van der Waals surface area contributed by atoms with Gasteiger partial charge in [0.1, 0.15) is 23.5 Å². The molecule has 0 spiro atoms. The fourth-order valence-corrected chi connectivity index (χ4v) is 3.72. The van der Waals surface area contributed by atoms with Gasteiger partial charge in [-0.15, -0.1) is 0 Å². The quantitative estimate of drug-likeness (QED) is 0.762. The second kappa shape index (κ2) is 6.23. The second-order valence-corrected chi connectivity index (χ2v) is 7.92. The lowest BCUT2D eigenvalue weighted by atomic mass is 10.1. The second-order valence-electron chi connectivity index (χ2n) is 5.01. The van der Waals surface area contributed by atoms with Crippen LogP contribution in [0.4, 0.5) is 0 Å². The van der Waals surface area contributed by atoms with Crippen molar-refractivity contribution in [2.75, 3.05) is 20.7 Å². The topological polar surface area (TPSA) is 72.9 Å². The number of carbonyl (C=O) groups is 1. The number of hydrogen-bond donors (Lipinski definition) is 0. The highest BCUT2D eigenvalue weighted by Crippen LogP contribution is 2.44. The van der Waals surface area contributed by atoms with Crippen molar-refractivity contribution < 1.29 is 22.7 Å². The predicted octanol–water partition coefficient (Wildman–Crippen LogP) is 2.11. The fourth-order valence-electron chi connectivity index (χ4n) is 2.10. The minimum absolute atomic E-state index is 0.0133. The number of fused-ring (bicyclic) bond motifs is 1. The molecule has 1 aliphatic rings. The number of nitrogens with zero attached hydrogens (tertiary/aromatic N) is 1. The Balaban J connectivity index is 2.45. The van der Waals surface area contributed by atoms with Crippen LogP contribution < -0.4 is 4.74 Å². The molecule has 0 saturated carbocycles. The summed E-state index contributed by atoms with van der Waals surface area (Å²) in [6.45, 7) is 1.30. The molecule has 122 valence electrons. The molecule has 9 heteroatoms. The number of carbonyl (C=O) groups excluding carboxylic acids is 1. The third kappa shape index (κ3) is 3.17. The van der Waals surface area contributed by atoms with Crippen LogP contribution in [0.25, 0.3) is 0 Å². The number of ether oxygens (including phenoxy) is 2. The van der Waals surface area contributed by atoms with E-state index in [0.717, 1.165) is 4.31 Å². The van der Waals surface area contributed by atoms with Crippen LogP contribution in [0.1, 0.15) is 12.5 Å². The van der Waals surface area contributed by atoms with Crippen molar-refractivity contribution in [2.24, 2.45) is 0 Å². The smallest absolute Gasteiger partial charge is 0.302 e. The maximum Gasteiger partial charge on any atom is 0.302 e. The molecule has 6 nitrogen and oxygen atoms in total. The Morgan fingerprint density at radius 1 is 1.45 bits per heavy atom. The lowest BCUT2D eigenvalue weighted by molar-refractivity contribution is -0.143. The van der Waals surface area contributed by atoms with Gasteiger partial charge >= 0.3 is 5.97 Å². The van der Waals surface area contributed by atoms with Gasteiger partial charge in [-0.2, -0.15) is 0 Å². The summed E-state index contributed by atoms with van der Waals surface area (Å²) >= 11 is 12.1. The molecule has 1 unspecified atom stereocenters. The van der Waals surface area contributed by atoms with Gasteiger partial charge in [0.25, 0.3) is 0 Å². The molecule has 0 aliphatic carbocycles. The lowest BCUT2D eigenvalue weighted by Crippen LogP contribution is -2.24. The van der Waals surface area contributed by atoms with Crippen molar-refractivity contribution in [3.05, 3.63) is 21.7 Å². The van der Waals surface area contributed by atoms with E-state index in [1.807, 2.05) is 0 Å². The van der Waals surface area contributed by atoms with Gasteiger partial charge in [0, 0.05) is 33.0 Å². The van der Waals surface area contributed by atoms with E-state index in [0.29, 0.717) is 5.56 Å². The minimum atomic E-state index is -3.69. The van der Waals surface area contributed by atoms with Crippen molar-refractivity contribution in [3.8, 4) is 5.75 Å². The van der Waals surface area contributed by atoms with E-state index in [9.17, 15) is 13.2 Å². The van der Waals surface area contributed by atoms with E-state index in [4.69, 9.17) is 32.7 Å². The van der Waals surface area contributed by atoms with Crippen LogP contribution in [-0.4, -0.2) is 45.5 Å². The summed E-state index contributed by atoms with van der Waals surface area (Å²) in [6.07, 6.45) is -0.229. The molecule has 2 rings (SSSR count). The summed E-state index contributed by atoms with van der Waals surface area (Å²) < 4.78 is 36.4. The highest BCUT2D eigenvalue weighted by molar-refractivity contribution is 7.89. The molecular formula is C13H15Cl2NO5S. The summed E-state index contributed by atoms with van der Waals surface area (Å²) in [7, 11) is -0.840. The van der Waals surface area contributed by atoms with Gasteiger partial charge in [-0.05, 0) is 6.07 Å². The number of benzene rings is 1. The van der Waals surface area contributed by atoms with Gasteiger partial charge in [-0.1, -0.05) is 23.2 Å². The van der Waals surface area contributed by atoms with Gasteiger partial charge in [0.2, 0.25) is 10.0 Å². The first-order chi connectivity index (χ1) is 10.1. The van der Waals surface area contributed by atoms with Crippen LogP contribution >= 0.6 is 23.2 Å². The Hall–Kier alpha value is -1.02. The standard InChI is InChI=1S/C13H15Cl2NO5S/c1-7(17)20-6-8-4-9-11(22(18,19)16(2)3)5-10(14)12(15)13(9)21-8/h5,8H,4,6H2,1-3H3. The molecule has 1 heterocycles. The molecule has 22 heavy (non-hydrogen) atoms. The summed E-state index contributed by atoms with van der Waals surface area (Å²) in [5, 5.41) is 0.244. The summed E-state index contributed by atoms with van der Waals surface area (Å²) in [6, 6.07) is 1.32. The first kappa shape index (κ1) is 17.3. The maximum atomic E-state index is 12.4. The fraction of sp³-hybridized carbons (Fsp3) is 0.462. The molecule has 1 aromatic rings. The van der Waals surface area contributed by atoms with Crippen molar-refractivity contribution in [2.45, 2.75) is 24.3 Å². The zero-order chi connectivity index (χ0) is 16.7. The largest absolute Gasteiger partial charge is 0.485 e. The average molecular weight is 368 g/mol. The normalized spacial score (nSPS) is 17.3. The van der Waals surface area contributed by atoms with Crippen LogP contribution in [0.3, 0.4) is 0 Å². The number of rotatable bonds is 4. The Morgan fingerprint density at radius 3 is 2.64 bits per heavy atom. The minimum Gasteiger partial charge on any atom is -0.485 e. The number of sulfonamides is 1. The average Bonchev–Trinajstić information content (AvgIpc) is 2.84. The number of esters is 1. The van der Waals surface area contributed by atoms with E-state index in [-0.39, 0.29) is 33.7 Å². The molecule has 0 N–H and O–H groups in total. The molecular weight excluding hydrogens is 353 g/mol. The third-order valence-corrected chi connectivity index (χ3v) is 5.84. The van der Waals surface area contributed by atoms with E-state index in [1.54, 1.807) is 0 Å². The van der Waals surface area contributed by atoms with Gasteiger partial charge < -0.3 is 9.47 Å². The lowest BCUT2D eigenvalue weighted by Gasteiger charge is -2.15. The van der Waals surface area contributed by atoms with Crippen LogP contribution in [-0.2, 0) is 26.0 Å². The molecule has 0 fully saturated rings. The zero-order valence-electron chi connectivity index (χ0n) is 12.2. The molecule has 1 atom stereocenters. The highest BCUT2D eigenvalue weighted by Gasteiger charge is 2.34. The van der Waals surface area contributed by atoms with E-state index in [1.165, 1.54) is 27.1 Å². The third-order valence-electron chi connectivity index (χ3n) is 3.19.